The van der Waals surface area contributed by atoms with Crippen LogP contribution in [0.5, 0.6) is 0 Å². The number of nitrogens with zero attached hydrogens (tertiary/aromatic N) is 4. The fourth-order valence-electron chi connectivity index (χ4n) is 4.42. The van der Waals surface area contributed by atoms with Crippen LogP contribution in [0.4, 0.5) is 4.39 Å². The van der Waals surface area contributed by atoms with Crippen LogP contribution in [0.15, 0.2) is 36.9 Å². The summed E-state index contributed by atoms with van der Waals surface area (Å²) in [6.07, 6.45) is 10.3. The number of hydroxylamine groups is 2. The molecule has 1 aromatic carbocycles. The lowest BCUT2D eigenvalue weighted by Gasteiger charge is -2.32. The lowest BCUT2D eigenvalue weighted by molar-refractivity contribution is -0.183. The van der Waals surface area contributed by atoms with Crippen molar-refractivity contribution in [2.45, 2.75) is 44.6 Å². The number of aromatic nitrogens is 2. The highest BCUT2D eigenvalue weighted by Crippen LogP contribution is 2.37. The first-order chi connectivity index (χ1) is 14.1. The maximum Gasteiger partial charge on any atom is 0.249 e. The van der Waals surface area contributed by atoms with Crippen LogP contribution in [0.1, 0.15) is 54.8 Å². The van der Waals surface area contributed by atoms with Gasteiger partial charge in [0.2, 0.25) is 5.91 Å². The normalized spacial score (nSPS) is 24.3. The van der Waals surface area contributed by atoms with Crippen LogP contribution < -0.4 is 0 Å². The molecule has 1 saturated carbocycles. The Morgan fingerprint density at radius 2 is 1.93 bits per heavy atom. The fraction of sp³-hybridized carbons (Fsp3) is 0.455. The minimum Gasteiger partial charge on any atom is -0.272 e. The molecular weight excluding hydrogens is 371 g/mol. The number of nitriles is 1. The van der Waals surface area contributed by atoms with Crippen molar-refractivity contribution in [3.63, 3.8) is 0 Å². The van der Waals surface area contributed by atoms with Gasteiger partial charge in [0.25, 0.3) is 0 Å². The summed E-state index contributed by atoms with van der Waals surface area (Å²) in [5.41, 5.74) is 2.00. The van der Waals surface area contributed by atoms with Crippen molar-refractivity contribution in [2.24, 2.45) is 11.8 Å². The maximum atomic E-state index is 13.9. The number of rotatable bonds is 4. The standard InChI is InChI=1S/C22H23FN4O2/c23-20-9-16(11-24)8-19(10-20)21-5-6-29-27(21)22(28)18-3-1-15(2-4-18)7-17-12-25-14-26-13-17/h8-10,12-15,18,21H,1-7H2/t15-,18-,21-/m0/s1. The van der Waals surface area contributed by atoms with Crippen LogP contribution in [0.2, 0.25) is 0 Å². The van der Waals surface area contributed by atoms with Crippen molar-refractivity contribution >= 4 is 5.91 Å². The largest absolute Gasteiger partial charge is 0.272 e. The summed E-state index contributed by atoms with van der Waals surface area (Å²) in [5.74, 6) is -0.0508. The number of hydrogen-bond acceptors (Lipinski definition) is 5. The second-order valence-electron chi connectivity index (χ2n) is 7.86. The van der Waals surface area contributed by atoms with Gasteiger partial charge in [-0.3, -0.25) is 9.63 Å². The molecular formula is C22H23FN4O2. The molecule has 29 heavy (non-hydrogen) atoms. The molecule has 1 aromatic heterocycles. The molecule has 1 atom stereocenters. The zero-order valence-corrected chi connectivity index (χ0v) is 16.1. The topological polar surface area (TPSA) is 79.1 Å². The van der Waals surface area contributed by atoms with Crippen LogP contribution in [-0.2, 0) is 16.1 Å². The number of hydrogen-bond donors (Lipinski definition) is 0. The molecule has 0 bridgehead atoms. The zero-order chi connectivity index (χ0) is 20.2. The Morgan fingerprint density at radius 1 is 1.17 bits per heavy atom. The van der Waals surface area contributed by atoms with Crippen molar-refractivity contribution in [3.8, 4) is 6.07 Å². The molecule has 0 unspecified atom stereocenters. The number of amides is 1. The summed E-state index contributed by atoms with van der Waals surface area (Å²) in [6, 6.07) is 5.86. The number of carbonyl (C=O) groups excluding carboxylic acids is 1. The predicted molar refractivity (Wildman–Crippen MR) is 102 cm³/mol. The van der Waals surface area contributed by atoms with Crippen LogP contribution in [0.3, 0.4) is 0 Å². The molecule has 2 heterocycles. The molecule has 0 radical (unpaired) electrons. The van der Waals surface area contributed by atoms with Gasteiger partial charge in [-0.2, -0.15) is 5.26 Å². The number of carbonyl (C=O) groups is 1. The minimum absolute atomic E-state index is 0.0308. The summed E-state index contributed by atoms with van der Waals surface area (Å²) in [6.45, 7) is 0.415. The first kappa shape index (κ1) is 19.5. The van der Waals surface area contributed by atoms with Gasteiger partial charge in [-0.1, -0.05) is 0 Å². The Balaban J connectivity index is 1.39. The molecule has 7 heteroatoms. The molecule has 2 aliphatic rings. The molecule has 2 fully saturated rings. The second-order valence-corrected chi connectivity index (χ2v) is 7.86. The van der Waals surface area contributed by atoms with E-state index in [-0.39, 0.29) is 23.4 Å². The van der Waals surface area contributed by atoms with E-state index in [9.17, 15) is 9.18 Å². The van der Waals surface area contributed by atoms with E-state index in [0.29, 0.717) is 24.5 Å². The van der Waals surface area contributed by atoms with Gasteiger partial charge in [-0.25, -0.2) is 19.4 Å². The van der Waals surface area contributed by atoms with Crippen molar-refractivity contribution in [1.82, 2.24) is 15.0 Å². The smallest absolute Gasteiger partial charge is 0.249 e. The third kappa shape index (κ3) is 4.43. The highest BCUT2D eigenvalue weighted by Gasteiger charge is 2.37. The highest BCUT2D eigenvalue weighted by atomic mass is 19.1. The molecule has 1 aliphatic heterocycles. The lowest BCUT2D eigenvalue weighted by Crippen LogP contribution is -2.36. The molecule has 1 amide bonds. The molecule has 1 aliphatic carbocycles. The molecule has 6 nitrogen and oxygen atoms in total. The second kappa shape index (κ2) is 8.66. The van der Waals surface area contributed by atoms with Crippen LogP contribution in [0.25, 0.3) is 0 Å². The van der Waals surface area contributed by atoms with Gasteiger partial charge in [0.05, 0.1) is 24.3 Å². The lowest BCUT2D eigenvalue weighted by atomic mass is 9.79. The van der Waals surface area contributed by atoms with Gasteiger partial charge in [0.1, 0.15) is 12.1 Å². The van der Waals surface area contributed by atoms with Crippen LogP contribution in [0, 0.1) is 29.0 Å². The quantitative estimate of drug-likeness (QED) is 0.789. The van der Waals surface area contributed by atoms with E-state index in [4.69, 9.17) is 10.1 Å². The fourth-order valence-corrected chi connectivity index (χ4v) is 4.42. The van der Waals surface area contributed by atoms with Gasteiger partial charge in [0, 0.05) is 24.7 Å². The molecule has 0 spiro atoms. The number of halogens is 1. The van der Waals surface area contributed by atoms with E-state index < -0.39 is 5.82 Å². The summed E-state index contributed by atoms with van der Waals surface area (Å²) >= 11 is 0. The summed E-state index contributed by atoms with van der Waals surface area (Å²) in [4.78, 5) is 26.9. The minimum atomic E-state index is -0.469. The molecule has 4 rings (SSSR count). The molecule has 1 saturated heterocycles. The summed E-state index contributed by atoms with van der Waals surface area (Å²) in [5, 5.41) is 10.5. The van der Waals surface area contributed by atoms with Gasteiger partial charge < -0.3 is 0 Å². The molecule has 150 valence electrons. The first-order valence-electron chi connectivity index (χ1n) is 10.0. The Hall–Kier alpha value is -2.85. The molecule has 0 N–H and O–H groups in total. The highest BCUT2D eigenvalue weighted by molar-refractivity contribution is 5.78. The average Bonchev–Trinajstić information content (AvgIpc) is 3.24. The van der Waals surface area contributed by atoms with E-state index in [0.717, 1.165) is 37.7 Å². The van der Waals surface area contributed by atoms with Gasteiger partial charge in [0.15, 0.2) is 0 Å². The number of benzene rings is 1. The van der Waals surface area contributed by atoms with E-state index in [2.05, 4.69) is 9.97 Å². The van der Waals surface area contributed by atoms with Crippen molar-refractivity contribution < 1.29 is 14.0 Å². The van der Waals surface area contributed by atoms with E-state index in [1.807, 2.05) is 18.5 Å². The first-order valence-corrected chi connectivity index (χ1v) is 10.0. The van der Waals surface area contributed by atoms with Crippen molar-refractivity contribution in [3.05, 3.63) is 59.4 Å². The van der Waals surface area contributed by atoms with E-state index in [1.54, 1.807) is 6.07 Å². The maximum absolute atomic E-state index is 13.9. The predicted octanol–water partition coefficient (Wildman–Crippen LogP) is 3.74. The Morgan fingerprint density at radius 3 is 2.66 bits per heavy atom. The van der Waals surface area contributed by atoms with E-state index >= 15 is 0 Å². The Bertz CT molecular complexity index is 907. The third-order valence-corrected chi connectivity index (χ3v) is 5.89. The van der Waals surface area contributed by atoms with Crippen LogP contribution in [-0.4, -0.2) is 27.5 Å². The molecule has 2 aromatic rings. The Kier molecular flexibility index (Phi) is 5.81. The summed E-state index contributed by atoms with van der Waals surface area (Å²) < 4.78 is 13.9. The van der Waals surface area contributed by atoms with Crippen LogP contribution >= 0.6 is 0 Å². The summed E-state index contributed by atoms with van der Waals surface area (Å²) in [7, 11) is 0. The van der Waals surface area contributed by atoms with E-state index in [1.165, 1.54) is 23.5 Å². The van der Waals surface area contributed by atoms with Crippen molar-refractivity contribution in [1.29, 1.82) is 5.26 Å². The monoisotopic (exact) mass is 394 g/mol. The van der Waals surface area contributed by atoms with Gasteiger partial charge >= 0.3 is 0 Å². The zero-order valence-electron chi connectivity index (χ0n) is 16.1. The van der Waals surface area contributed by atoms with Crippen molar-refractivity contribution in [2.75, 3.05) is 6.61 Å². The van der Waals surface area contributed by atoms with Gasteiger partial charge in [-0.15, -0.1) is 0 Å². The SMILES string of the molecule is N#Cc1cc(F)cc([C@@H]2CCON2C(=O)[C@H]2CC[C@H](Cc3cncnc3)CC2)c1. The van der Waals surface area contributed by atoms with Gasteiger partial charge in [-0.05, 0) is 67.3 Å². The Labute approximate surface area is 169 Å². The third-order valence-electron chi connectivity index (χ3n) is 5.89. The average molecular weight is 394 g/mol.